The van der Waals surface area contributed by atoms with E-state index in [1.807, 2.05) is 54.6 Å². The third-order valence-electron chi connectivity index (χ3n) is 3.23. The van der Waals surface area contributed by atoms with E-state index in [-0.39, 0.29) is 6.42 Å². The Morgan fingerprint density at radius 2 is 1.71 bits per heavy atom. The molecule has 21 heavy (non-hydrogen) atoms. The predicted octanol–water partition coefficient (Wildman–Crippen LogP) is 4.21. The van der Waals surface area contributed by atoms with Gasteiger partial charge < -0.3 is 10.0 Å². The summed E-state index contributed by atoms with van der Waals surface area (Å²) in [5.41, 5.74) is 2.25. The molecule has 0 aromatic heterocycles. The van der Waals surface area contributed by atoms with E-state index in [0.29, 0.717) is 13.0 Å². The van der Waals surface area contributed by atoms with Gasteiger partial charge in [-0.2, -0.15) is 0 Å². The van der Waals surface area contributed by atoms with Crippen LogP contribution in [0.25, 0.3) is 0 Å². The number of carbonyl (C=O) groups is 1. The van der Waals surface area contributed by atoms with E-state index in [4.69, 9.17) is 16.7 Å². The molecule has 0 aliphatic heterocycles. The smallest absolute Gasteiger partial charge is 0.303 e. The molecular formula is C17H18ClNO2. The van der Waals surface area contributed by atoms with E-state index in [1.54, 1.807) is 0 Å². The van der Waals surface area contributed by atoms with Gasteiger partial charge in [-0.05, 0) is 36.2 Å². The topological polar surface area (TPSA) is 40.5 Å². The van der Waals surface area contributed by atoms with Crippen molar-refractivity contribution in [2.75, 3.05) is 11.4 Å². The predicted molar refractivity (Wildman–Crippen MR) is 85.8 cm³/mol. The number of hydrogen-bond donors (Lipinski definition) is 1. The number of para-hydroxylation sites is 1. The molecule has 4 heteroatoms. The van der Waals surface area contributed by atoms with Crippen LogP contribution >= 0.6 is 11.6 Å². The van der Waals surface area contributed by atoms with Crippen molar-refractivity contribution in [3.8, 4) is 0 Å². The fourth-order valence-electron chi connectivity index (χ4n) is 2.17. The van der Waals surface area contributed by atoms with E-state index in [2.05, 4.69) is 4.90 Å². The molecule has 2 aromatic rings. The van der Waals surface area contributed by atoms with Crippen molar-refractivity contribution in [2.45, 2.75) is 19.4 Å². The Hall–Kier alpha value is -2.00. The van der Waals surface area contributed by atoms with E-state index in [1.165, 1.54) is 0 Å². The molecule has 0 saturated carbocycles. The summed E-state index contributed by atoms with van der Waals surface area (Å²) in [6.45, 7) is 1.44. The standard InChI is InChI=1S/C17H18ClNO2/c18-15-10-8-14(9-11-15)13-19(12-4-7-17(20)21)16-5-2-1-3-6-16/h1-3,5-6,8-11H,4,7,12-13H2,(H,20,21). The molecule has 0 spiro atoms. The Morgan fingerprint density at radius 3 is 2.33 bits per heavy atom. The maximum Gasteiger partial charge on any atom is 0.303 e. The lowest BCUT2D eigenvalue weighted by Crippen LogP contribution is -2.24. The van der Waals surface area contributed by atoms with Crippen LogP contribution in [-0.2, 0) is 11.3 Å². The van der Waals surface area contributed by atoms with Gasteiger partial charge in [0.15, 0.2) is 0 Å². The normalized spacial score (nSPS) is 10.3. The molecule has 0 amide bonds. The van der Waals surface area contributed by atoms with E-state index >= 15 is 0 Å². The zero-order chi connectivity index (χ0) is 15.1. The molecule has 2 rings (SSSR count). The van der Waals surface area contributed by atoms with Crippen molar-refractivity contribution in [3.63, 3.8) is 0 Å². The molecule has 1 N–H and O–H groups in total. The second-order valence-corrected chi connectivity index (χ2v) is 5.32. The number of benzene rings is 2. The minimum absolute atomic E-state index is 0.184. The maximum atomic E-state index is 10.7. The number of halogens is 1. The van der Waals surface area contributed by atoms with Gasteiger partial charge in [-0.3, -0.25) is 4.79 Å². The van der Waals surface area contributed by atoms with Gasteiger partial charge in [0.25, 0.3) is 0 Å². The van der Waals surface area contributed by atoms with Crippen LogP contribution in [0.5, 0.6) is 0 Å². The van der Waals surface area contributed by atoms with Gasteiger partial charge in [-0.15, -0.1) is 0 Å². The highest BCUT2D eigenvalue weighted by molar-refractivity contribution is 6.30. The van der Waals surface area contributed by atoms with Crippen molar-refractivity contribution >= 4 is 23.3 Å². The average molecular weight is 304 g/mol. The zero-order valence-electron chi connectivity index (χ0n) is 11.7. The van der Waals surface area contributed by atoms with Crippen molar-refractivity contribution < 1.29 is 9.90 Å². The van der Waals surface area contributed by atoms with Gasteiger partial charge in [-0.25, -0.2) is 0 Å². The van der Waals surface area contributed by atoms with Crippen molar-refractivity contribution in [3.05, 3.63) is 65.2 Å². The first-order valence-electron chi connectivity index (χ1n) is 6.91. The van der Waals surface area contributed by atoms with E-state index < -0.39 is 5.97 Å². The summed E-state index contributed by atoms with van der Waals surface area (Å²) in [5, 5.41) is 9.50. The minimum atomic E-state index is -0.755. The molecule has 0 saturated heterocycles. The summed E-state index contributed by atoms with van der Waals surface area (Å²) in [6.07, 6.45) is 0.807. The number of rotatable bonds is 7. The van der Waals surface area contributed by atoms with Crippen LogP contribution in [0.3, 0.4) is 0 Å². The van der Waals surface area contributed by atoms with Crippen LogP contribution < -0.4 is 4.90 Å². The van der Waals surface area contributed by atoms with Crippen LogP contribution in [0.15, 0.2) is 54.6 Å². The van der Waals surface area contributed by atoms with Crippen molar-refractivity contribution in [2.24, 2.45) is 0 Å². The fraction of sp³-hybridized carbons (Fsp3) is 0.235. The molecule has 0 atom stereocenters. The first-order chi connectivity index (χ1) is 10.1. The Morgan fingerprint density at radius 1 is 1.05 bits per heavy atom. The van der Waals surface area contributed by atoms with Gasteiger partial charge >= 0.3 is 5.97 Å². The highest BCUT2D eigenvalue weighted by atomic mass is 35.5. The monoisotopic (exact) mass is 303 g/mol. The first kappa shape index (κ1) is 15.4. The molecule has 0 aliphatic rings. The summed E-state index contributed by atoms with van der Waals surface area (Å²) >= 11 is 5.90. The number of nitrogens with zero attached hydrogens (tertiary/aromatic N) is 1. The largest absolute Gasteiger partial charge is 0.481 e. The molecular weight excluding hydrogens is 286 g/mol. The Labute approximate surface area is 129 Å². The molecule has 0 fully saturated rings. The summed E-state index contributed by atoms with van der Waals surface area (Å²) in [4.78, 5) is 12.9. The van der Waals surface area contributed by atoms with Crippen molar-refractivity contribution in [1.29, 1.82) is 0 Å². The fourth-order valence-corrected chi connectivity index (χ4v) is 2.30. The van der Waals surface area contributed by atoms with Gasteiger partial charge in [0.05, 0.1) is 0 Å². The molecule has 0 bridgehead atoms. The highest BCUT2D eigenvalue weighted by Gasteiger charge is 2.08. The Balaban J connectivity index is 2.07. The highest BCUT2D eigenvalue weighted by Crippen LogP contribution is 2.18. The van der Waals surface area contributed by atoms with Crippen LogP contribution in [0.1, 0.15) is 18.4 Å². The second-order valence-electron chi connectivity index (χ2n) is 4.88. The Bertz CT molecular complexity index is 569. The Kier molecular flexibility index (Phi) is 5.64. The van der Waals surface area contributed by atoms with Crippen molar-refractivity contribution in [1.82, 2.24) is 0 Å². The van der Waals surface area contributed by atoms with Gasteiger partial charge in [0.2, 0.25) is 0 Å². The van der Waals surface area contributed by atoms with E-state index in [9.17, 15) is 4.79 Å². The molecule has 0 aliphatic carbocycles. The number of aliphatic carboxylic acids is 1. The summed E-state index contributed by atoms with van der Waals surface area (Å²) in [6, 6.07) is 17.8. The second kappa shape index (κ2) is 7.70. The van der Waals surface area contributed by atoms with E-state index in [0.717, 1.165) is 22.8 Å². The number of carboxylic acids is 1. The minimum Gasteiger partial charge on any atom is -0.481 e. The van der Waals surface area contributed by atoms with Crippen LogP contribution in [-0.4, -0.2) is 17.6 Å². The summed E-state index contributed by atoms with van der Waals surface area (Å²) in [7, 11) is 0. The molecule has 2 aromatic carbocycles. The van der Waals surface area contributed by atoms with Gasteiger partial charge in [-0.1, -0.05) is 41.9 Å². The number of anilines is 1. The quantitative estimate of drug-likeness (QED) is 0.833. The number of carboxylic acid groups (broad SMARTS) is 1. The molecule has 0 radical (unpaired) electrons. The molecule has 0 unspecified atom stereocenters. The lowest BCUT2D eigenvalue weighted by Gasteiger charge is -2.25. The van der Waals surface area contributed by atoms with Gasteiger partial charge in [0, 0.05) is 30.2 Å². The lowest BCUT2D eigenvalue weighted by atomic mass is 10.1. The summed E-state index contributed by atoms with van der Waals surface area (Å²) < 4.78 is 0. The third kappa shape index (κ3) is 5.12. The molecule has 0 heterocycles. The van der Waals surface area contributed by atoms with Crippen LogP contribution in [0.2, 0.25) is 5.02 Å². The maximum absolute atomic E-state index is 10.7. The zero-order valence-corrected chi connectivity index (χ0v) is 12.5. The molecule has 110 valence electrons. The molecule has 3 nitrogen and oxygen atoms in total. The average Bonchev–Trinajstić information content (AvgIpc) is 2.49. The van der Waals surface area contributed by atoms with Crippen LogP contribution in [0.4, 0.5) is 5.69 Å². The van der Waals surface area contributed by atoms with Crippen LogP contribution in [0, 0.1) is 0 Å². The SMILES string of the molecule is O=C(O)CCCN(Cc1ccc(Cl)cc1)c1ccccc1. The first-order valence-corrected chi connectivity index (χ1v) is 7.29. The summed E-state index contributed by atoms with van der Waals surface area (Å²) in [5.74, 6) is -0.755. The lowest BCUT2D eigenvalue weighted by molar-refractivity contribution is -0.137. The van der Waals surface area contributed by atoms with Gasteiger partial charge in [0.1, 0.15) is 0 Å². The number of hydrogen-bond acceptors (Lipinski definition) is 2. The third-order valence-corrected chi connectivity index (χ3v) is 3.48.